The lowest BCUT2D eigenvalue weighted by Crippen LogP contribution is -2.27. The van der Waals surface area contributed by atoms with Crippen LogP contribution in [0.5, 0.6) is 0 Å². The molecule has 0 atom stereocenters. The number of carbonyl (C=O) groups is 2. The Bertz CT molecular complexity index is 1830. The predicted molar refractivity (Wildman–Crippen MR) is 190 cm³/mol. The van der Waals surface area contributed by atoms with E-state index in [0.29, 0.717) is 22.9 Å². The molecule has 0 heterocycles. The maximum absolute atomic E-state index is 13.3. The topological polar surface area (TPSA) is 79.5 Å². The van der Waals surface area contributed by atoms with E-state index in [2.05, 4.69) is 76.1 Å². The molecule has 0 fully saturated rings. The monoisotopic (exact) mass is 681 g/mol. The fraction of sp³-hybridized carbons (Fsp3) is 0.189. The summed E-state index contributed by atoms with van der Waals surface area (Å²) in [7, 11) is 0. The third kappa shape index (κ3) is 8.68. The standard InChI is InChI=1S/C37H36BrN3O3S/c1-23(2)24-9-19-31-25(21-24)7-6-8-32(31)41-33-22-26(35(42)39-28-13-11-27(38)12-14-28)10-20-34(33)45-30-17-15-29(16-18-30)40-36(43)44-37(3,4)5/h6-23,41H,1-5H3,(H,39,42)(H,40,43). The van der Waals surface area contributed by atoms with Crippen LogP contribution in [0.4, 0.5) is 27.5 Å². The summed E-state index contributed by atoms with van der Waals surface area (Å²) >= 11 is 5.00. The van der Waals surface area contributed by atoms with Gasteiger partial charge >= 0.3 is 6.09 Å². The molecule has 0 saturated carbocycles. The fourth-order valence-corrected chi connectivity index (χ4v) is 5.81. The lowest BCUT2D eigenvalue weighted by Gasteiger charge is -2.19. The number of hydrogen-bond acceptors (Lipinski definition) is 5. The molecule has 0 saturated heterocycles. The first-order chi connectivity index (χ1) is 21.4. The van der Waals surface area contributed by atoms with Crippen LogP contribution in [-0.2, 0) is 4.74 Å². The van der Waals surface area contributed by atoms with Gasteiger partial charge in [0, 0.05) is 42.3 Å². The van der Waals surface area contributed by atoms with Crippen molar-refractivity contribution in [1.82, 2.24) is 0 Å². The molecule has 5 aromatic rings. The second-order valence-corrected chi connectivity index (χ2v) is 14.0. The Morgan fingerprint density at radius 1 is 0.778 bits per heavy atom. The van der Waals surface area contributed by atoms with Crippen molar-refractivity contribution in [2.24, 2.45) is 0 Å². The SMILES string of the molecule is CC(C)c1ccc2c(Nc3cc(C(=O)Nc4ccc(Br)cc4)ccc3Sc3ccc(NC(=O)OC(C)(C)C)cc3)cccc2c1. The number of nitrogens with one attached hydrogen (secondary N) is 3. The lowest BCUT2D eigenvalue weighted by atomic mass is 9.98. The first-order valence-electron chi connectivity index (χ1n) is 14.7. The molecular formula is C37H36BrN3O3S. The Hall–Kier alpha value is -4.27. The van der Waals surface area contributed by atoms with Gasteiger partial charge in [0.05, 0.1) is 5.69 Å². The van der Waals surface area contributed by atoms with Gasteiger partial charge in [-0.05, 0) is 110 Å². The number of halogens is 1. The third-order valence-electron chi connectivity index (χ3n) is 6.91. The molecule has 0 aromatic heterocycles. The minimum Gasteiger partial charge on any atom is -0.444 e. The molecule has 0 spiro atoms. The summed E-state index contributed by atoms with van der Waals surface area (Å²) < 4.78 is 6.31. The zero-order valence-electron chi connectivity index (χ0n) is 25.9. The van der Waals surface area contributed by atoms with Gasteiger partial charge in [-0.25, -0.2) is 4.79 Å². The van der Waals surface area contributed by atoms with Crippen molar-refractivity contribution in [1.29, 1.82) is 0 Å². The van der Waals surface area contributed by atoms with Crippen LogP contribution in [0.3, 0.4) is 0 Å². The van der Waals surface area contributed by atoms with Crippen LogP contribution in [0.2, 0.25) is 0 Å². The van der Waals surface area contributed by atoms with E-state index in [0.717, 1.165) is 36.4 Å². The zero-order valence-corrected chi connectivity index (χ0v) is 28.3. The molecule has 45 heavy (non-hydrogen) atoms. The van der Waals surface area contributed by atoms with Gasteiger partial charge in [0.25, 0.3) is 5.91 Å². The highest BCUT2D eigenvalue weighted by Crippen LogP contribution is 2.38. The molecule has 230 valence electrons. The van der Waals surface area contributed by atoms with Crippen molar-refractivity contribution in [2.75, 3.05) is 16.0 Å². The van der Waals surface area contributed by atoms with E-state index in [1.54, 1.807) is 11.8 Å². The molecule has 6 nitrogen and oxygen atoms in total. The summed E-state index contributed by atoms with van der Waals surface area (Å²) in [6, 6.07) is 33.5. The van der Waals surface area contributed by atoms with Gasteiger partial charge in [-0.3, -0.25) is 10.1 Å². The van der Waals surface area contributed by atoms with Gasteiger partial charge in [0.15, 0.2) is 0 Å². The molecule has 0 aliphatic rings. The summed E-state index contributed by atoms with van der Waals surface area (Å²) in [6.07, 6.45) is -0.498. The minimum absolute atomic E-state index is 0.200. The molecular weight excluding hydrogens is 646 g/mol. The average molecular weight is 683 g/mol. The van der Waals surface area contributed by atoms with Crippen LogP contribution >= 0.6 is 27.7 Å². The van der Waals surface area contributed by atoms with Crippen molar-refractivity contribution in [2.45, 2.75) is 55.9 Å². The van der Waals surface area contributed by atoms with E-state index in [1.165, 1.54) is 5.56 Å². The Balaban J connectivity index is 1.44. The van der Waals surface area contributed by atoms with Crippen molar-refractivity contribution in [3.8, 4) is 0 Å². The van der Waals surface area contributed by atoms with Crippen LogP contribution < -0.4 is 16.0 Å². The first-order valence-corrected chi connectivity index (χ1v) is 16.3. The van der Waals surface area contributed by atoms with Crippen LogP contribution in [0.25, 0.3) is 10.8 Å². The Kier molecular flexibility index (Phi) is 9.85. The van der Waals surface area contributed by atoms with Crippen LogP contribution in [0, 0.1) is 0 Å². The summed E-state index contributed by atoms with van der Waals surface area (Å²) in [6.45, 7) is 9.87. The number of hydrogen-bond donors (Lipinski definition) is 3. The summed E-state index contributed by atoms with van der Waals surface area (Å²) in [4.78, 5) is 27.4. The fourth-order valence-electron chi connectivity index (χ4n) is 4.66. The normalized spacial score (nSPS) is 11.4. The summed E-state index contributed by atoms with van der Waals surface area (Å²) in [5.74, 6) is 0.231. The summed E-state index contributed by atoms with van der Waals surface area (Å²) in [5, 5.41) is 11.6. The van der Waals surface area contributed by atoms with Crippen molar-refractivity contribution >= 4 is 73.2 Å². The third-order valence-corrected chi connectivity index (χ3v) is 8.52. The molecule has 5 aromatic carbocycles. The van der Waals surface area contributed by atoms with Crippen LogP contribution in [-0.4, -0.2) is 17.6 Å². The van der Waals surface area contributed by atoms with Gasteiger partial charge in [-0.2, -0.15) is 0 Å². The van der Waals surface area contributed by atoms with Crippen LogP contribution in [0.1, 0.15) is 56.5 Å². The molecule has 5 rings (SSSR count). The van der Waals surface area contributed by atoms with Crippen molar-refractivity contribution in [3.05, 3.63) is 119 Å². The molecule has 0 aliphatic heterocycles. The molecule has 0 unspecified atom stereocenters. The highest BCUT2D eigenvalue weighted by atomic mass is 79.9. The lowest BCUT2D eigenvalue weighted by molar-refractivity contribution is 0.0635. The van der Waals surface area contributed by atoms with Gasteiger partial charge in [0.1, 0.15) is 5.60 Å². The molecule has 0 radical (unpaired) electrons. The van der Waals surface area contributed by atoms with Crippen molar-refractivity contribution < 1.29 is 14.3 Å². The Labute approximate surface area is 277 Å². The second kappa shape index (κ2) is 13.8. The van der Waals surface area contributed by atoms with E-state index < -0.39 is 11.7 Å². The first kappa shape index (κ1) is 32.1. The van der Waals surface area contributed by atoms with E-state index >= 15 is 0 Å². The highest BCUT2D eigenvalue weighted by Gasteiger charge is 2.17. The molecule has 8 heteroatoms. The number of benzene rings is 5. The maximum Gasteiger partial charge on any atom is 0.412 e. The predicted octanol–water partition coefficient (Wildman–Crippen LogP) is 11.2. The van der Waals surface area contributed by atoms with E-state index in [1.807, 2.05) is 93.6 Å². The van der Waals surface area contributed by atoms with Gasteiger partial charge in [0.2, 0.25) is 0 Å². The van der Waals surface area contributed by atoms with Gasteiger partial charge in [-0.1, -0.05) is 71.9 Å². The van der Waals surface area contributed by atoms with Crippen LogP contribution in [0.15, 0.2) is 117 Å². The van der Waals surface area contributed by atoms with Gasteiger partial charge < -0.3 is 15.4 Å². The van der Waals surface area contributed by atoms with E-state index in [4.69, 9.17) is 4.74 Å². The number of anilines is 4. The second-order valence-electron chi connectivity index (χ2n) is 12.0. The number of rotatable bonds is 8. The highest BCUT2D eigenvalue weighted by molar-refractivity contribution is 9.10. The summed E-state index contributed by atoms with van der Waals surface area (Å²) in [5.41, 5.74) is 4.35. The largest absolute Gasteiger partial charge is 0.444 e. The van der Waals surface area contributed by atoms with Gasteiger partial charge in [-0.15, -0.1) is 0 Å². The maximum atomic E-state index is 13.3. The molecule has 0 aliphatic carbocycles. The smallest absolute Gasteiger partial charge is 0.412 e. The Morgan fingerprint density at radius 2 is 1.47 bits per heavy atom. The van der Waals surface area contributed by atoms with E-state index in [9.17, 15) is 9.59 Å². The number of amides is 2. The van der Waals surface area contributed by atoms with Crippen molar-refractivity contribution in [3.63, 3.8) is 0 Å². The van der Waals surface area contributed by atoms with E-state index in [-0.39, 0.29) is 5.91 Å². The Morgan fingerprint density at radius 3 is 2.16 bits per heavy atom. The quantitative estimate of drug-likeness (QED) is 0.152. The minimum atomic E-state index is -0.578. The molecule has 3 N–H and O–H groups in total. The average Bonchev–Trinajstić information content (AvgIpc) is 2.99. The number of fused-ring (bicyclic) bond motifs is 1. The molecule has 2 amide bonds. The number of ether oxygens (including phenoxy) is 1. The molecule has 0 bridgehead atoms. The number of carbonyl (C=O) groups excluding carboxylic acids is 2. The zero-order chi connectivity index (χ0) is 32.1.